The predicted octanol–water partition coefficient (Wildman–Crippen LogP) is 2.85. The highest BCUT2D eigenvalue weighted by Crippen LogP contribution is 2.07. The Hall–Kier alpha value is -0.610. The van der Waals surface area contributed by atoms with Crippen LogP contribution in [0.25, 0.3) is 0 Å². The molecular formula is C13H26O4. The highest BCUT2D eigenvalue weighted by atomic mass is 16.5. The Labute approximate surface area is 104 Å². The zero-order valence-electron chi connectivity index (χ0n) is 11.0. The van der Waals surface area contributed by atoms with Crippen molar-refractivity contribution in [2.75, 3.05) is 26.4 Å². The van der Waals surface area contributed by atoms with Crippen LogP contribution in [0.15, 0.2) is 0 Å². The minimum absolute atomic E-state index is 0.169. The summed E-state index contributed by atoms with van der Waals surface area (Å²) in [5.74, 6) is -0.890. The van der Waals surface area contributed by atoms with E-state index in [1.165, 1.54) is 25.7 Å². The van der Waals surface area contributed by atoms with Gasteiger partial charge in [-0.3, -0.25) is 0 Å². The zero-order chi connectivity index (χ0) is 12.8. The number of carbonyl (C=O) groups is 1. The predicted molar refractivity (Wildman–Crippen MR) is 67.3 cm³/mol. The summed E-state index contributed by atoms with van der Waals surface area (Å²) in [6.07, 6.45) is 8.24. The molecule has 0 aromatic heterocycles. The molecule has 0 amide bonds. The van der Waals surface area contributed by atoms with Crippen LogP contribution in [-0.4, -0.2) is 37.5 Å². The summed E-state index contributed by atoms with van der Waals surface area (Å²) >= 11 is 0. The molecule has 0 aromatic carbocycles. The third-order valence-corrected chi connectivity index (χ3v) is 2.51. The summed E-state index contributed by atoms with van der Waals surface area (Å²) in [6.45, 7) is 4.12. The molecule has 0 heterocycles. The van der Waals surface area contributed by atoms with Gasteiger partial charge in [0.25, 0.3) is 0 Å². The first-order chi connectivity index (χ1) is 8.27. The molecule has 0 bridgehead atoms. The third kappa shape index (κ3) is 15.4. The van der Waals surface area contributed by atoms with Crippen molar-refractivity contribution in [3.8, 4) is 0 Å². The summed E-state index contributed by atoms with van der Waals surface area (Å²) in [7, 11) is 0. The summed E-state index contributed by atoms with van der Waals surface area (Å²) in [6, 6.07) is 0. The van der Waals surface area contributed by atoms with Crippen LogP contribution in [0.5, 0.6) is 0 Å². The van der Waals surface area contributed by atoms with Crippen molar-refractivity contribution < 1.29 is 19.4 Å². The number of aliphatic carboxylic acids is 1. The minimum atomic E-state index is -0.890. The molecule has 0 spiro atoms. The Balaban J connectivity index is 2.91. The van der Waals surface area contributed by atoms with Gasteiger partial charge in [0.1, 0.15) is 6.61 Å². The van der Waals surface area contributed by atoms with Crippen LogP contribution < -0.4 is 0 Å². The van der Waals surface area contributed by atoms with Gasteiger partial charge in [-0.15, -0.1) is 0 Å². The van der Waals surface area contributed by atoms with E-state index >= 15 is 0 Å². The molecule has 0 radical (unpaired) electrons. The van der Waals surface area contributed by atoms with Crippen molar-refractivity contribution in [1.82, 2.24) is 0 Å². The van der Waals surface area contributed by atoms with E-state index in [0.717, 1.165) is 32.5 Å². The SMILES string of the molecule is CCOCCCCCCCCCOCC(=O)O. The van der Waals surface area contributed by atoms with Crippen LogP contribution in [0.4, 0.5) is 0 Å². The van der Waals surface area contributed by atoms with Crippen molar-refractivity contribution in [3.05, 3.63) is 0 Å². The molecule has 0 rings (SSSR count). The van der Waals surface area contributed by atoms with Gasteiger partial charge in [0.2, 0.25) is 0 Å². The van der Waals surface area contributed by atoms with Crippen LogP contribution in [0, 0.1) is 0 Å². The van der Waals surface area contributed by atoms with Gasteiger partial charge in [-0.05, 0) is 19.8 Å². The Bertz CT molecular complexity index is 171. The Morgan fingerprint density at radius 1 is 0.882 bits per heavy atom. The first-order valence-corrected chi connectivity index (χ1v) is 6.64. The number of ether oxygens (including phenoxy) is 2. The molecule has 4 nitrogen and oxygen atoms in total. The van der Waals surface area contributed by atoms with Crippen molar-refractivity contribution in [2.45, 2.75) is 51.9 Å². The Morgan fingerprint density at radius 2 is 1.35 bits per heavy atom. The molecule has 1 N–H and O–H groups in total. The number of rotatable bonds is 13. The molecule has 0 aliphatic carbocycles. The Kier molecular flexibility index (Phi) is 13.0. The van der Waals surface area contributed by atoms with Gasteiger partial charge in [-0.2, -0.15) is 0 Å². The van der Waals surface area contributed by atoms with Gasteiger partial charge in [-0.1, -0.05) is 32.1 Å². The fraction of sp³-hybridized carbons (Fsp3) is 0.923. The number of hydrogen-bond acceptors (Lipinski definition) is 3. The molecule has 0 aromatic rings. The molecule has 102 valence electrons. The average Bonchev–Trinajstić information content (AvgIpc) is 2.30. The monoisotopic (exact) mass is 246 g/mol. The highest BCUT2D eigenvalue weighted by molar-refractivity contribution is 5.67. The number of carboxylic acid groups (broad SMARTS) is 1. The second-order valence-electron chi connectivity index (χ2n) is 4.12. The second-order valence-corrected chi connectivity index (χ2v) is 4.12. The van der Waals surface area contributed by atoms with Gasteiger partial charge in [0, 0.05) is 19.8 Å². The van der Waals surface area contributed by atoms with E-state index in [-0.39, 0.29) is 6.61 Å². The molecular weight excluding hydrogens is 220 g/mol. The van der Waals surface area contributed by atoms with Crippen molar-refractivity contribution in [3.63, 3.8) is 0 Å². The summed E-state index contributed by atoms with van der Waals surface area (Å²) in [5, 5.41) is 8.34. The molecule has 0 aliphatic rings. The van der Waals surface area contributed by atoms with Crippen molar-refractivity contribution in [1.29, 1.82) is 0 Å². The smallest absolute Gasteiger partial charge is 0.329 e. The fourth-order valence-corrected chi connectivity index (χ4v) is 1.60. The second kappa shape index (κ2) is 13.5. The van der Waals surface area contributed by atoms with Crippen LogP contribution >= 0.6 is 0 Å². The molecule has 0 atom stereocenters. The topological polar surface area (TPSA) is 55.8 Å². The van der Waals surface area contributed by atoms with E-state index in [2.05, 4.69) is 0 Å². The molecule has 0 saturated carbocycles. The van der Waals surface area contributed by atoms with Crippen LogP contribution in [0.1, 0.15) is 51.9 Å². The maximum Gasteiger partial charge on any atom is 0.329 e. The van der Waals surface area contributed by atoms with Gasteiger partial charge < -0.3 is 14.6 Å². The lowest BCUT2D eigenvalue weighted by Gasteiger charge is -2.03. The molecule has 0 aliphatic heterocycles. The first-order valence-electron chi connectivity index (χ1n) is 6.64. The average molecular weight is 246 g/mol. The largest absolute Gasteiger partial charge is 0.480 e. The summed E-state index contributed by atoms with van der Waals surface area (Å²) in [4.78, 5) is 10.1. The van der Waals surface area contributed by atoms with E-state index in [1.807, 2.05) is 6.92 Å². The lowest BCUT2D eigenvalue weighted by molar-refractivity contribution is -0.142. The summed E-state index contributed by atoms with van der Waals surface area (Å²) in [5.41, 5.74) is 0. The molecule has 17 heavy (non-hydrogen) atoms. The quantitative estimate of drug-likeness (QED) is 0.508. The third-order valence-electron chi connectivity index (χ3n) is 2.51. The molecule has 4 heteroatoms. The van der Waals surface area contributed by atoms with Crippen molar-refractivity contribution >= 4 is 5.97 Å². The number of hydrogen-bond donors (Lipinski definition) is 1. The van der Waals surface area contributed by atoms with Gasteiger partial charge in [-0.25, -0.2) is 4.79 Å². The Morgan fingerprint density at radius 3 is 1.82 bits per heavy atom. The zero-order valence-corrected chi connectivity index (χ0v) is 11.0. The minimum Gasteiger partial charge on any atom is -0.480 e. The van der Waals surface area contributed by atoms with E-state index in [0.29, 0.717) is 6.61 Å². The van der Waals surface area contributed by atoms with E-state index in [9.17, 15) is 4.79 Å². The van der Waals surface area contributed by atoms with Crippen LogP contribution in [-0.2, 0) is 14.3 Å². The van der Waals surface area contributed by atoms with Crippen molar-refractivity contribution in [2.24, 2.45) is 0 Å². The van der Waals surface area contributed by atoms with E-state index < -0.39 is 5.97 Å². The van der Waals surface area contributed by atoms with E-state index in [4.69, 9.17) is 14.6 Å². The molecule has 0 unspecified atom stereocenters. The standard InChI is InChI=1S/C13H26O4/c1-2-16-10-8-6-4-3-5-7-9-11-17-12-13(14)15/h2-12H2,1H3,(H,14,15). The first kappa shape index (κ1) is 16.4. The van der Waals surface area contributed by atoms with Gasteiger partial charge in [0.05, 0.1) is 0 Å². The highest BCUT2D eigenvalue weighted by Gasteiger charge is 1.96. The number of carboxylic acids is 1. The molecule has 0 fully saturated rings. The lowest BCUT2D eigenvalue weighted by atomic mass is 10.1. The summed E-state index contributed by atoms with van der Waals surface area (Å²) < 4.78 is 10.2. The normalized spacial score (nSPS) is 10.6. The van der Waals surface area contributed by atoms with Gasteiger partial charge >= 0.3 is 5.97 Å². The number of unbranched alkanes of at least 4 members (excludes halogenated alkanes) is 6. The van der Waals surface area contributed by atoms with E-state index in [1.54, 1.807) is 0 Å². The molecule has 0 saturated heterocycles. The lowest BCUT2D eigenvalue weighted by Crippen LogP contribution is -2.07. The maximum atomic E-state index is 10.1. The maximum absolute atomic E-state index is 10.1. The van der Waals surface area contributed by atoms with Crippen LogP contribution in [0.3, 0.4) is 0 Å². The van der Waals surface area contributed by atoms with Gasteiger partial charge in [0.15, 0.2) is 0 Å². The van der Waals surface area contributed by atoms with Crippen LogP contribution in [0.2, 0.25) is 0 Å². The fourth-order valence-electron chi connectivity index (χ4n) is 1.60.